The van der Waals surface area contributed by atoms with Gasteiger partial charge in [0.25, 0.3) is 0 Å². The van der Waals surface area contributed by atoms with Gasteiger partial charge >= 0.3 is 6.09 Å². The second-order valence-electron chi connectivity index (χ2n) is 10.4. The molecule has 0 radical (unpaired) electrons. The number of hydrogen-bond donors (Lipinski definition) is 1. The van der Waals surface area contributed by atoms with Gasteiger partial charge in [-0.15, -0.1) is 0 Å². The van der Waals surface area contributed by atoms with Crippen molar-refractivity contribution in [3.63, 3.8) is 0 Å². The highest BCUT2D eigenvalue weighted by molar-refractivity contribution is 7.89. The fourth-order valence-electron chi connectivity index (χ4n) is 6.74. The number of sulfonamides is 1. The molecular weight excluding hydrogens is 418 g/mol. The van der Waals surface area contributed by atoms with Crippen LogP contribution >= 0.6 is 0 Å². The summed E-state index contributed by atoms with van der Waals surface area (Å²) in [6.07, 6.45) is 5.15. The molecule has 2 aliphatic carbocycles. The van der Waals surface area contributed by atoms with Gasteiger partial charge in [0.1, 0.15) is 0 Å². The van der Waals surface area contributed by atoms with Gasteiger partial charge in [-0.05, 0) is 77.0 Å². The number of hydrogen-bond acceptors (Lipinski definition) is 5. The van der Waals surface area contributed by atoms with Crippen molar-refractivity contribution in [1.82, 2.24) is 14.5 Å². The molecule has 2 saturated heterocycles. The number of nitrogens with one attached hydrogen (secondary N) is 1. The summed E-state index contributed by atoms with van der Waals surface area (Å²) in [5, 5.41) is 0. The molecule has 0 aromatic rings. The standard InChI is InChI=1S/C22H37N3O5S/c1-13(2)30-22(27)24-11-14(3)25(15(4)26)20-8-6-17(10-21(20)24)16-5-7-19-18(9-16)12-31(28,29)23-19/h13-14,16-21,23H,5-12H2,1-4H3/t14-,16?,17?,18?,19?,20?,21?/m0/s1. The van der Waals surface area contributed by atoms with Gasteiger partial charge in [-0.25, -0.2) is 17.9 Å². The normalized spacial score (nSPS) is 39.7. The van der Waals surface area contributed by atoms with Gasteiger partial charge in [-0.3, -0.25) is 4.79 Å². The van der Waals surface area contributed by atoms with E-state index in [0.29, 0.717) is 18.4 Å². The molecule has 7 atom stereocenters. The van der Waals surface area contributed by atoms with Gasteiger partial charge in [0.15, 0.2) is 0 Å². The Balaban J connectivity index is 1.51. The van der Waals surface area contributed by atoms with Crippen LogP contribution < -0.4 is 4.72 Å². The SMILES string of the molecule is CC(=O)N1C2CCC(C3CCC4NS(=O)(=O)CC4C3)CC2N(C(=O)OC(C)C)C[C@@H]1C. The third-order valence-corrected chi connectivity index (χ3v) is 9.43. The first kappa shape index (κ1) is 22.8. The molecule has 0 bridgehead atoms. The van der Waals surface area contributed by atoms with Gasteiger partial charge in [-0.1, -0.05) is 0 Å². The smallest absolute Gasteiger partial charge is 0.410 e. The maximum absolute atomic E-state index is 12.9. The van der Waals surface area contributed by atoms with Crippen LogP contribution in [0.4, 0.5) is 4.79 Å². The molecule has 1 N–H and O–H groups in total. The topological polar surface area (TPSA) is 96.0 Å². The number of rotatable bonds is 2. The summed E-state index contributed by atoms with van der Waals surface area (Å²) in [4.78, 5) is 29.2. The molecule has 0 aromatic heterocycles. The molecule has 31 heavy (non-hydrogen) atoms. The summed E-state index contributed by atoms with van der Waals surface area (Å²) in [6.45, 7) is 7.84. The van der Waals surface area contributed by atoms with E-state index in [0.717, 1.165) is 38.5 Å². The molecule has 2 amide bonds. The van der Waals surface area contributed by atoms with Gasteiger partial charge in [0, 0.05) is 25.6 Å². The highest BCUT2D eigenvalue weighted by Gasteiger charge is 2.49. The van der Waals surface area contributed by atoms with Gasteiger partial charge in [0.05, 0.1) is 23.9 Å². The first-order chi connectivity index (χ1) is 14.6. The van der Waals surface area contributed by atoms with E-state index in [4.69, 9.17) is 4.74 Å². The molecule has 2 heterocycles. The zero-order chi connectivity index (χ0) is 22.5. The summed E-state index contributed by atoms with van der Waals surface area (Å²) in [5.74, 6) is 1.44. The van der Waals surface area contributed by atoms with Crippen molar-refractivity contribution in [2.45, 2.75) is 96.5 Å². The van der Waals surface area contributed by atoms with Crippen LogP contribution in [-0.4, -0.2) is 72.8 Å². The van der Waals surface area contributed by atoms with Crippen LogP contribution in [0.5, 0.6) is 0 Å². The van der Waals surface area contributed by atoms with Crippen LogP contribution in [0.3, 0.4) is 0 Å². The van der Waals surface area contributed by atoms with Crippen LogP contribution in [0.25, 0.3) is 0 Å². The Bertz CT molecular complexity index is 816. The molecule has 0 spiro atoms. The van der Waals surface area contributed by atoms with Crippen molar-refractivity contribution < 1.29 is 22.7 Å². The fraction of sp³-hybridized carbons (Fsp3) is 0.909. The number of fused-ring (bicyclic) bond motifs is 2. The van der Waals surface area contributed by atoms with Crippen molar-refractivity contribution >= 4 is 22.0 Å². The number of amides is 2. The van der Waals surface area contributed by atoms with Gasteiger partial charge in [0.2, 0.25) is 15.9 Å². The molecule has 2 aliphatic heterocycles. The minimum absolute atomic E-state index is 0.0276. The van der Waals surface area contributed by atoms with E-state index in [1.54, 1.807) is 6.92 Å². The minimum atomic E-state index is -3.12. The van der Waals surface area contributed by atoms with Crippen LogP contribution in [0.2, 0.25) is 0 Å². The summed E-state index contributed by atoms with van der Waals surface area (Å²) < 4.78 is 32.4. The van der Waals surface area contributed by atoms with Crippen molar-refractivity contribution in [2.75, 3.05) is 12.3 Å². The van der Waals surface area contributed by atoms with E-state index < -0.39 is 10.0 Å². The highest BCUT2D eigenvalue weighted by Crippen LogP contribution is 2.45. The molecule has 9 heteroatoms. The number of ether oxygens (including phenoxy) is 1. The summed E-state index contributed by atoms with van der Waals surface area (Å²) in [6, 6.07) is 0.0643. The van der Waals surface area contributed by atoms with E-state index in [1.165, 1.54) is 0 Å². The van der Waals surface area contributed by atoms with E-state index in [9.17, 15) is 18.0 Å². The second-order valence-corrected chi connectivity index (χ2v) is 12.2. The lowest BCUT2D eigenvalue weighted by molar-refractivity contribution is -0.142. The minimum Gasteiger partial charge on any atom is -0.447 e. The van der Waals surface area contributed by atoms with Crippen LogP contribution in [0, 0.1) is 17.8 Å². The molecule has 6 unspecified atom stereocenters. The molecule has 176 valence electrons. The average Bonchev–Trinajstić information content (AvgIpc) is 2.98. The Morgan fingerprint density at radius 1 is 1.00 bits per heavy atom. The number of piperazine rings is 1. The summed E-state index contributed by atoms with van der Waals surface area (Å²) in [5.41, 5.74) is 0. The van der Waals surface area contributed by atoms with Crippen molar-refractivity contribution in [1.29, 1.82) is 0 Å². The first-order valence-corrected chi connectivity index (χ1v) is 13.5. The maximum atomic E-state index is 12.9. The predicted octanol–water partition coefficient (Wildman–Crippen LogP) is 2.34. The molecule has 8 nitrogen and oxygen atoms in total. The zero-order valence-electron chi connectivity index (χ0n) is 19.1. The van der Waals surface area contributed by atoms with Crippen molar-refractivity contribution in [2.24, 2.45) is 17.8 Å². The molecule has 0 aromatic carbocycles. The van der Waals surface area contributed by atoms with Gasteiger partial charge in [-0.2, -0.15) is 0 Å². The van der Waals surface area contributed by atoms with E-state index >= 15 is 0 Å². The lowest BCUT2D eigenvalue weighted by Crippen LogP contribution is -2.67. The van der Waals surface area contributed by atoms with E-state index in [1.807, 2.05) is 30.6 Å². The second kappa shape index (κ2) is 8.54. The van der Waals surface area contributed by atoms with Crippen molar-refractivity contribution in [3.05, 3.63) is 0 Å². The maximum Gasteiger partial charge on any atom is 0.410 e. The largest absolute Gasteiger partial charge is 0.447 e. The monoisotopic (exact) mass is 455 g/mol. The zero-order valence-corrected chi connectivity index (χ0v) is 19.9. The lowest BCUT2D eigenvalue weighted by Gasteiger charge is -2.54. The molecular formula is C22H37N3O5S. The molecule has 2 saturated carbocycles. The van der Waals surface area contributed by atoms with Gasteiger partial charge < -0.3 is 14.5 Å². The number of carbonyl (C=O) groups is 2. The van der Waals surface area contributed by atoms with E-state index in [2.05, 4.69) is 4.72 Å². The molecule has 4 aliphatic rings. The van der Waals surface area contributed by atoms with Crippen molar-refractivity contribution in [3.8, 4) is 0 Å². The Morgan fingerprint density at radius 2 is 1.68 bits per heavy atom. The number of carbonyl (C=O) groups excluding carboxylic acids is 2. The Labute approximate surface area is 186 Å². The third-order valence-electron chi connectivity index (χ3n) is 7.90. The third kappa shape index (κ3) is 4.58. The Morgan fingerprint density at radius 3 is 2.35 bits per heavy atom. The summed E-state index contributed by atoms with van der Waals surface area (Å²) in [7, 11) is -3.12. The van der Waals surface area contributed by atoms with E-state index in [-0.39, 0.29) is 53.9 Å². The molecule has 4 fully saturated rings. The fourth-order valence-corrected chi connectivity index (χ4v) is 8.54. The Kier molecular flexibility index (Phi) is 6.29. The average molecular weight is 456 g/mol. The summed E-state index contributed by atoms with van der Waals surface area (Å²) >= 11 is 0. The van der Waals surface area contributed by atoms with Crippen LogP contribution in [-0.2, 0) is 19.6 Å². The predicted molar refractivity (Wildman–Crippen MR) is 117 cm³/mol. The lowest BCUT2D eigenvalue weighted by atomic mass is 9.67. The first-order valence-electron chi connectivity index (χ1n) is 11.8. The Hall–Kier alpha value is -1.35. The highest BCUT2D eigenvalue weighted by atomic mass is 32.2. The quantitative estimate of drug-likeness (QED) is 0.689. The molecule has 4 rings (SSSR count). The number of nitrogens with zero attached hydrogens (tertiary/aromatic N) is 2. The van der Waals surface area contributed by atoms with Crippen LogP contribution in [0.15, 0.2) is 0 Å². The van der Waals surface area contributed by atoms with Crippen LogP contribution in [0.1, 0.15) is 66.2 Å².